The van der Waals surface area contributed by atoms with Crippen LogP contribution in [0.3, 0.4) is 0 Å². The molecule has 0 radical (unpaired) electrons. The molecule has 2 amide bonds. The van der Waals surface area contributed by atoms with Crippen LogP contribution in [0.5, 0.6) is 0 Å². The monoisotopic (exact) mass is 556 g/mol. The average Bonchev–Trinajstić information content (AvgIpc) is 2.99. The number of halogens is 3. The lowest BCUT2D eigenvalue weighted by Gasteiger charge is -2.46. The minimum atomic E-state index is -1.19. The Labute approximate surface area is 227 Å². The molecule has 2 bridgehead atoms. The van der Waals surface area contributed by atoms with Crippen molar-refractivity contribution in [1.29, 1.82) is 0 Å². The molecule has 1 saturated heterocycles. The van der Waals surface area contributed by atoms with Gasteiger partial charge in [-0.1, -0.05) is 30.3 Å². The van der Waals surface area contributed by atoms with Crippen molar-refractivity contribution in [3.05, 3.63) is 105 Å². The first-order chi connectivity index (χ1) is 19.0. The second-order valence-electron chi connectivity index (χ2n) is 10.1. The quantitative estimate of drug-likeness (QED) is 0.484. The molecule has 3 atom stereocenters. The molecule has 0 saturated carbocycles. The van der Waals surface area contributed by atoms with Crippen LogP contribution in [0.4, 0.5) is 13.2 Å². The third kappa shape index (κ3) is 4.95. The van der Waals surface area contributed by atoms with Gasteiger partial charge in [-0.15, -0.1) is 0 Å². The molecule has 2 N–H and O–H groups in total. The van der Waals surface area contributed by atoms with Gasteiger partial charge in [0.15, 0.2) is 11.2 Å². The molecule has 12 heteroatoms. The number of ether oxygens (including phenoxy) is 1. The standard InChI is InChI=1S/C28H27F3N4O5/c1-16-25(37)11-28(2,40-14-17-6-4-3-5-7-17)35-15-33(16)27(39)23-10-24(36)20(13-34(23)35)26(38)32-12-19-21(30)8-18(29)9-22(19)31/h3-10,13,16,25,37H,11-12,14-15H2,1-2H3,(H,32,38). The van der Waals surface area contributed by atoms with Gasteiger partial charge in [0.1, 0.15) is 35.4 Å². The number of hydrogen-bond acceptors (Lipinski definition) is 6. The second-order valence-corrected chi connectivity index (χ2v) is 10.1. The number of carbonyl (C=O) groups excluding carboxylic acids is 2. The van der Waals surface area contributed by atoms with Crippen LogP contribution < -0.4 is 15.8 Å². The fraction of sp³-hybridized carbons (Fsp3) is 0.321. The first-order valence-electron chi connectivity index (χ1n) is 12.6. The maximum atomic E-state index is 14.1. The molecule has 3 heterocycles. The SMILES string of the molecule is CC1C(O)CC(C)(OCc2ccccc2)N2CN1C(=O)c1cc(=O)c(C(=O)NCc3c(F)cc(F)cc3F)cn12. The molecular formula is C28H27F3N4O5. The molecule has 3 unspecified atom stereocenters. The maximum absolute atomic E-state index is 14.1. The van der Waals surface area contributed by atoms with Gasteiger partial charge in [0.25, 0.3) is 11.8 Å². The fourth-order valence-corrected chi connectivity index (χ4v) is 4.99. The van der Waals surface area contributed by atoms with E-state index in [9.17, 15) is 32.7 Å². The first kappa shape index (κ1) is 27.4. The van der Waals surface area contributed by atoms with Gasteiger partial charge >= 0.3 is 0 Å². The molecule has 2 aliphatic heterocycles. The van der Waals surface area contributed by atoms with Crippen molar-refractivity contribution < 1.29 is 32.6 Å². The average molecular weight is 557 g/mol. The van der Waals surface area contributed by atoms with E-state index in [1.807, 2.05) is 30.3 Å². The molecule has 210 valence electrons. The normalized spacial score (nSPS) is 22.1. The van der Waals surface area contributed by atoms with Gasteiger partial charge in [-0.2, -0.15) is 0 Å². The Bertz CT molecular complexity index is 1510. The molecule has 5 rings (SSSR count). The molecule has 0 spiro atoms. The Balaban J connectivity index is 1.49. The highest BCUT2D eigenvalue weighted by molar-refractivity contribution is 5.97. The van der Waals surface area contributed by atoms with Crippen molar-refractivity contribution in [2.24, 2.45) is 0 Å². The number of amides is 2. The Morgan fingerprint density at radius 3 is 2.48 bits per heavy atom. The number of carbonyl (C=O) groups is 2. The number of pyridine rings is 1. The first-order valence-corrected chi connectivity index (χ1v) is 12.6. The van der Waals surface area contributed by atoms with Gasteiger partial charge in [-0.25, -0.2) is 13.2 Å². The van der Waals surface area contributed by atoms with Crippen molar-refractivity contribution in [3.8, 4) is 0 Å². The summed E-state index contributed by atoms with van der Waals surface area (Å²) in [6.07, 6.45) is 0.312. The van der Waals surface area contributed by atoms with Crippen LogP contribution in [-0.4, -0.2) is 51.0 Å². The van der Waals surface area contributed by atoms with Gasteiger partial charge < -0.3 is 20.1 Å². The van der Waals surface area contributed by atoms with Crippen molar-refractivity contribution >= 4 is 11.8 Å². The summed E-state index contributed by atoms with van der Waals surface area (Å²) in [4.78, 5) is 40.7. The lowest BCUT2D eigenvalue weighted by molar-refractivity contribution is -0.0819. The van der Waals surface area contributed by atoms with E-state index in [0.29, 0.717) is 12.1 Å². The summed E-state index contributed by atoms with van der Waals surface area (Å²) < 4.78 is 49.0. The summed E-state index contributed by atoms with van der Waals surface area (Å²) in [5, 5.41) is 14.9. The molecule has 3 aromatic rings. The van der Waals surface area contributed by atoms with Crippen molar-refractivity contribution in [1.82, 2.24) is 14.9 Å². The van der Waals surface area contributed by atoms with Crippen LogP contribution >= 0.6 is 0 Å². The van der Waals surface area contributed by atoms with E-state index >= 15 is 0 Å². The summed E-state index contributed by atoms with van der Waals surface area (Å²) in [6.45, 7) is 2.97. The van der Waals surface area contributed by atoms with Gasteiger partial charge in [-0.05, 0) is 19.4 Å². The lowest BCUT2D eigenvalue weighted by Crippen LogP contribution is -2.62. The van der Waals surface area contributed by atoms with Crippen molar-refractivity contribution in [2.75, 3.05) is 11.7 Å². The van der Waals surface area contributed by atoms with Crippen LogP contribution in [0.2, 0.25) is 0 Å². The number of benzene rings is 2. The van der Waals surface area contributed by atoms with Gasteiger partial charge in [0.05, 0.1) is 18.8 Å². The molecule has 9 nitrogen and oxygen atoms in total. The Hall–Kier alpha value is -4.16. The Morgan fingerprint density at radius 1 is 1.12 bits per heavy atom. The molecule has 1 aromatic heterocycles. The van der Waals surface area contributed by atoms with E-state index in [4.69, 9.17) is 4.74 Å². The molecule has 40 heavy (non-hydrogen) atoms. The predicted molar refractivity (Wildman–Crippen MR) is 137 cm³/mol. The van der Waals surface area contributed by atoms with E-state index in [1.165, 1.54) is 15.8 Å². The van der Waals surface area contributed by atoms with E-state index in [1.54, 1.807) is 18.9 Å². The number of hydrogen-bond donors (Lipinski definition) is 2. The number of nitrogens with one attached hydrogen (secondary N) is 1. The van der Waals surface area contributed by atoms with Crippen LogP contribution in [0.25, 0.3) is 0 Å². The number of aromatic nitrogens is 1. The van der Waals surface area contributed by atoms with Crippen LogP contribution in [0.1, 0.15) is 52.2 Å². The molecular weight excluding hydrogens is 529 g/mol. The topological polar surface area (TPSA) is 104 Å². The zero-order chi connectivity index (χ0) is 28.8. The van der Waals surface area contributed by atoms with E-state index in [0.717, 1.165) is 11.6 Å². The lowest BCUT2D eigenvalue weighted by atomic mass is 10.0. The minimum absolute atomic E-state index is 0.00865. The molecule has 2 aromatic carbocycles. The third-order valence-electron chi connectivity index (χ3n) is 7.41. The highest BCUT2D eigenvalue weighted by Crippen LogP contribution is 2.33. The van der Waals surface area contributed by atoms with Crippen LogP contribution in [0.15, 0.2) is 59.5 Å². The molecule has 1 fully saturated rings. The predicted octanol–water partition coefficient (Wildman–Crippen LogP) is 2.63. The largest absolute Gasteiger partial charge is 0.391 e. The number of aliphatic hydroxyl groups is 1. The number of nitrogens with zero attached hydrogens (tertiary/aromatic N) is 3. The van der Waals surface area contributed by atoms with Crippen molar-refractivity contribution in [2.45, 2.75) is 51.3 Å². The molecule has 0 aliphatic carbocycles. The zero-order valence-corrected chi connectivity index (χ0v) is 21.7. The summed E-state index contributed by atoms with van der Waals surface area (Å²) in [5.41, 5.74) is -2.11. The molecule has 2 aliphatic rings. The van der Waals surface area contributed by atoms with Gasteiger partial charge in [0, 0.05) is 42.9 Å². The summed E-state index contributed by atoms with van der Waals surface area (Å²) in [7, 11) is 0. The number of aliphatic hydroxyl groups excluding tert-OH is 1. The maximum Gasteiger partial charge on any atom is 0.274 e. The smallest absolute Gasteiger partial charge is 0.274 e. The summed E-state index contributed by atoms with van der Waals surface area (Å²) in [6, 6.07) is 10.7. The number of fused-ring (bicyclic) bond motifs is 4. The Morgan fingerprint density at radius 2 is 1.80 bits per heavy atom. The van der Waals surface area contributed by atoms with E-state index in [2.05, 4.69) is 5.32 Å². The van der Waals surface area contributed by atoms with Crippen molar-refractivity contribution in [3.63, 3.8) is 0 Å². The fourth-order valence-electron chi connectivity index (χ4n) is 4.99. The van der Waals surface area contributed by atoms with Gasteiger partial charge in [-0.3, -0.25) is 24.1 Å². The highest BCUT2D eigenvalue weighted by Gasteiger charge is 2.48. The Kier molecular flexibility index (Phi) is 7.15. The minimum Gasteiger partial charge on any atom is -0.391 e. The number of rotatable bonds is 6. The summed E-state index contributed by atoms with van der Waals surface area (Å²) >= 11 is 0. The van der Waals surface area contributed by atoms with Crippen LogP contribution in [-0.2, 0) is 17.9 Å². The van der Waals surface area contributed by atoms with E-state index < -0.39 is 70.2 Å². The zero-order valence-electron chi connectivity index (χ0n) is 21.7. The second kappa shape index (κ2) is 10.4. The third-order valence-corrected chi connectivity index (χ3v) is 7.41. The van der Waals surface area contributed by atoms with Gasteiger partial charge in [0.2, 0.25) is 0 Å². The van der Waals surface area contributed by atoms with E-state index in [-0.39, 0.29) is 25.4 Å². The van der Waals surface area contributed by atoms with Crippen LogP contribution in [0, 0.1) is 17.5 Å². The highest BCUT2D eigenvalue weighted by atomic mass is 19.1. The summed E-state index contributed by atoms with van der Waals surface area (Å²) in [5.74, 6) is -4.95.